The summed E-state index contributed by atoms with van der Waals surface area (Å²) in [6.07, 6.45) is 2.66. The van der Waals surface area contributed by atoms with Gasteiger partial charge in [0.25, 0.3) is 0 Å². The average molecular weight is 434 g/mol. The zero-order valence-corrected chi connectivity index (χ0v) is 19.4. The molecule has 7 nitrogen and oxygen atoms in total. The first-order valence-corrected chi connectivity index (χ1v) is 12.3. The van der Waals surface area contributed by atoms with Crippen molar-refractivity contribution in [2.45, 2.75) is 40.0 Å². The third kappa shape index (κ3) is 4.49. The predicted octanol–water partition coefficient (Wildman–Crippen LogP) is 1.72. The van der Waals surface area contributed by atoms with E-state index in [1.54, 1.807) is 11.3 Å². The Labute approximate surface area is 184 Å². The Morgan fingerprint density at radius 2 is 1.70 bits per heavy atom. The fourth-order valence-electron chi connectivity index (χ4n) is 4.73. The third-order valence-electron chi connectivity index (χ3n) is 6.76. The zero-order valence-electron chi connectivity index (χ0n) is 18.6. The molecule has 1 aromatic heterocycles. The Balaban J connectivity index is 1.34. The molecule has 2 amide bonds. The van der Waals surface area contributed by atoms with Crippen molar-refractivity contribution in [1.82, 2.24) is 19.7 Å². The Hall–Kier alpha value is -1.67. The number of anilines is 1. The molecular weight excluding hydrogens is 398 g/mol. The molecule has 0 N–H and O–H groups in total. The quantitative estimate of drug-likeness (QED) is 0.724. The van der Waals surface area contributed by atoms with E-state index in [0.717, 1.165) is 83.3 Å². The van der Waals surface area contributed by atoms with Crippen LogP contribution in [0.3, 0.4) is 0 Å². The minimum absolute atomic E-state index is 0.0585. The van der Waals surface area contributed by atoms with Crippen molar-refractivity contribution in [2.24, 2.45) is 11.8 Å². The number of carbonyl (C=O) groups is 2. The highest BCUT2D eigenvalue weighted by molar-refractivity contribution is 7.15. The van der Waals surface area contributed by atoms with Crippen LogP contribution in [-0.4, -0.2) is 90.4 Å². The number of rotatable bonds is 4. The van der Waals surface area contributed by atoms with Crippen molar-refractivity contribution in [1.29, 1.82) is 0 Å². The Kier molecular flexibility index (Phi) is 6.63. The summed E-state index contributed by atoms with van der Waals surface area (Å²) in [4.78, 5) is 40.3. The van der Waals surface area contributed by atoms with E-state index in [-0.39, 0.29) is 17.7 Å². The molecule has 0 unspecified atom stereocenters. The van der Waals surface area contributed by atoms with Gasteiger partial charge in [-0.25, -0.2) is 4.98 Å². The summed E-state index contributed by atoms with van der Waals surface area (Å²) in [6.45, 7) is 14.1. The molecule has 0 spiro atoms. The van der Waals surface area contributed by atoms with Crippen LogP contribution in [0.15, 0.2) is 0 Å². The van der Waals surface area contributed by atoms with Gasteiger partial charge in [0.15, 0.2) is 5.13 Å². The standard InChI is InChI=1S/C22H35N5O2S/c1-4-24-7-9-26(10-8-24)21(29)17-5-6-18-19(15-17)30-22(23-18)27-13-11-25(12-14-27)20(28)16(2)3/h16-17H,4-15H2,1-3H3/t17-/m1/s1. The summed E-state index contributed by atoms with van der Waals surface area (Å²) in [7, 11) is 0. The van der Waals surface area contributed by atoms with Gasteiger partial charge in [-0.3, -0.25) is 9.59 Å². The van der Waals surface area contributed by atoms with Gasteiger partial charge >= 0.3 is 0 Å². The van der Waals surface area contributed by atoms with E-state index < -0.39 is 0 Å². The first-order chi connectivity index (χ1) is 14.5. The van der Waals surface area contributed by atoms with Crippen LogP contribution in [0.4, 0.5) is 5.13 Å². The molecule has 2 saturated heterocycles. The number of likely N-dealkylation sites (N-methyl/N-ethyl adjacent to an activating group) is 1. The van der Waals surface area contributed by atoms with Crippen molar-refractivity contribution < 1.29 is 9.59 Å². The third-order valence-corrected chi connectivity index (χ3v) is 7.95. The number of hydrogen-bond acceptors (Lipinski definition) is 6. The second kappa shape index (κ2) is 9.22. The molecule has 1 atom stereocenters. The minimum atomic E-state index is 0.0585. The first kappa shape index (κ1) is 21.6. The Morgan fingerprint density at radius 1 is 1.03 bits per heavy atom. The van der Waals surface area contributed by atoms with Crippen LogP contribution in [0.5, 0.6) is 0 Å². The van der Waals surface area contributed by atoms with Crippen LogP contribution >= 0.6 is 11.3 Å². The SMILES string of the molecule is CCN1CCN(C(=O)[C@@H]2CCc3nc(N4CCN(C(=O)C(C)C)CC4)sc3C2)CC1. The fourth-order valence-corrected chi connectivity index (χ4v) is 5.97. The van der Waals surface area contributed by atoms with Crippen LogP contribution in [0.2, 0.25) is 0 Å². The van der Waals surface area contributed by atoms with Crippen LogP contribution in [0.25, 0.3) is 0 Å². The number of nitrogens with zero attached hydrogens (tertiary/aromatic N) is 5. The smallest absolute Gasteiger partial charge is 0.226 e. The van der Waals surface area contributed by atoms with Gasteiger partial charge in [0.2, 0.25) is 11.8 Å². The maximum absolute atomic E-state index is 13.1. The number of fused-ring (bicyclic) bond motifs is 1. The highest BCUT2D eigenvalue weighted by Gasteiger charge is 2.33. The lowest BCUT2D eigenvalue weighted by Gasteiger charge is -2.36. The van der Waals surface area contributed by atoms with Crippen molar-refractivity contribution in [3.63, 3.8) is 0 Å². The van der Waals surface area contributed by atoms with Gasteiger partial charge in [0, 0.05) is 69.1 Å². The van der Waals surface area contributed by atoms with E-state index in [1.807, 2.05) is 18.7 Å². The molecule has 4 rings (SSSR count). The predicted molar refractivity (Wildman–Crippen MR) is 120 cm³/mol. The molecule has 3 heterocycles. The summed E-state index contributed by atoms with van der Waals surface area (Å²) in [5, 5.41) is 1.07. The van der Waals surface area contributed by atoms with Crippen molar-refractivity contribution >= 4 is 28.3 Å². The largest absolute Gasteiger partial charge is 0.345 e. The summed E-state index contributed by atoms with van der Waals surface area (Å²) in [5.41, 5.74) is 1.19. The van der Waals surface area contributed by atoms with E-state index >= 15 is 0 Å². The number of aromatic nitrogens is 1. The van der Waals surface area contributed by atoms with Gasteiger partial charge in [-0.1, -0.05) is 20.8 Å². The van der Waals surface area contributed by atoms with Gasteiger partial charge in [-0.15, -0.1) is 11.3 Å². The highest BCUT2D eigenvalue weighted by atomic mass is 32.1. The molecule has 2 fully saturated rings. The number of piperazine rings is 2. The lowest BCUT2D eigenvalue weighted by molar-refractivity contribution is -0.137. The fraction of sp³-hybridized carbons (Fsp3) is 0.773. The molecule has 8 heteroatoms. The second-order valence-corrected chi connectivity index (χ2v) is 10.1. The molecule has 30 heavy (non-hydrogen) atoms. The molecule has 1 aromatic rings. The molecule has 3 aliphatic rings. The summed E-state index contributed by atoms with van der Waals surface area (Å²) < 4.78 is 0. The van der Waals surface area contributed by atoms with Crippen molar-refractivity contribution in [3.8, 4) is 0 Å². The second-order valence-electron chi connectivity index (χ2n) is 9.03. The number of amides is 2. The minimum Gasteiger partial charge on any atom is -0.345 e. The maximum atomic E-state index is 13.1. The van der Waals surface area contributed by atoms with Crippen molar-refractivity contribution in [3.05, 3.63) is 10.6 Å². The molecule has 2 aliphatic heterocycles. The van der Waals surface area contributed by atoms with Gasteiger partial charge in [0.05, 0.1) is 5.69 Å². The molecule has 1 aliphatic carbocycles. The number of hydrogen-bond donors (Lipinski definition) is 0. The Morgan fingerprint density at radius 3 is 2.33 bits per heavy atom. The topological polar surface area (TPSA) is 60.0 Å². The van der Waals surface area contributed by atoms with Crippen LogP contribution in [0, 0.1) is 11.8 Å². The van der Waals surface area contributed by atoms with Gasteiger partial charge in [0.1, 0.15) is 0 Å². The molecule has 0 saturated carbocycles. The maximum Gasteiger partial charge on any atom is 0.226 e. The van der Waals surface area contributed by atoms with E-state index in [9.17, 15) is 9.59 Å². The lowest BCUT2D eigenvalue weighted by Crippen LogP contribution is -2.50. The van der Waals surface area contributed by atoms with Crippen LogP contribution in [-0.2, 0) is 22.4 Å². The molecule has 0 radical (unpaired) electrons. The Bertz CT molecular complexity index is 764. The van der Waals surface area contributed by atoms with E-state index in [1.165, 1.54) is 10.6 Å². The number of carbonyl (C=O) groups excluding carboxylic acids is 2. The summed E-state index contributed by atoms with van der Waals surface area (Å²) in [5.74, 6) is 0.754. The zero-order chi connectivity index (χ0) is 21.3. The summed E-state index contributed by atoms with van der Waals surface area (Å²) in [6, 6.07) is 0. The van der Waals surface area contributed by atoms with Gasteiger partial charge in [-0.2, -0.15) is 0 Å². The van der Waals surface area contributed by atoms with Crippen molar-refractivity contribution in [2.75, 3.05) is 63.8 Å². The van der Waals surface area contributed by atoms with Gasteiger partial charge < -0.3 is 19.6 Å². The van der Waals surface area contributed by atoms with E-state index in [0.29, 0.717) is 5.91 Å². The summed E-state index contributed by atoms with van der Waals surface area (Å²) >= 11 is 1.76. The molecular formula is C22H35N5O2S. The average Bonchev–Trinajstić information content (AvgIpc) is 3.21. The van der Waals surface area contributed by atoms with Gasteiger partial charge in [-0.05, 0) is 25.8 Å². The highest BCUT2D eigenvalue weighted by Crippen LogP contribution is 2.35. The lowest BCUT2D eigenvalue weighted by atomic mass is 9.90. The van der Waals surface area contributed by atoms with E-state index in [4.69, 9.17) is 4.98 Å². The molecule has 166 valence electrons. The van der Waals surface area contributed by atoms with E-state index in [2.05, 4.69) is 21.6 Å². The van der Waals surface area contributed by atoms with Crippen LogP contribution in [0.1, 0.15) is 37.8 Å². The molecule has 0 aromatic carbocycles. The molecule has 0 bridgehead atoms. The number of thiazole rings is 1. The normalized spacial score (nSPS) is 23.1. The first-order valence-electron chi connectivity index (χ1n) is 11.5. The monoisotopic (exact) mass is 433 g/mol. The number of aryl methyl sites for hydroxylation is 1. The van der Waals surface area contributed by atoms with Crippen LogP contribution < -0.4 is 4.90 Å².